The van der Waals surface area contributed by atoms with E-state index < -0.39 is 0 Å². The highest BCUT2D eigenvalue weighted by Gasteiger charge is 2.24. The molecule has 1 saturated heterocycles. The first kappa shape index (κ1) is 11.4. The highest BCUT2D eigenvalue weighted by atomic mass is 16.5. The molecule has 1 N–H and O–H groups in total. The van der Waals surface area contributed by atoms with Crippen LogP contribution in [0.1, 0.15) is 26.2 Å². The molecule has 1 aliphatic carbocycles. The van der Waals surface area contributed by atoms with E-state index in [-0.39, 0.29) is 0 Å². The summed E-state index contributed by atoms with van der Waals surface area (Å²) in [5, 5.41) is 3.67. The van der Waals surface area contributed by atoms with E-state index >= 15 is 0 Å². The van der Waals surface area contributed by atoms with E-state index in [1.807, 2.05) is 0 Å². The number of likely N-dealkylation sites (N-methyl/N-ethyl adjacent to an activating group) is 1. The van der Waals surface area contributed by atoms with Crippen LogP contribution < -0.4 is 5.32 Å². The van der Waals surface area contributed by atoms with Gasteiger partial charge in [0.05, 0.1) is 12.7 Å². The van der Waals surface area contributed by atoms with Gasteiger partial charge in [-0.25, -0.2) is 0 Å². The Kier molecular flexibility index (Phi) is 4.00. The summed E-state index contributed by atoms with van der Waals surface area (Å²) in [6.45, 7) is 6.44. The first-order valence-corrected chi connectivity index (χ1v) is 6.29. The van der Waals surface area contributed by atoms with Gasteiger partial charge in [0.1, 0.15) is 0 Å². The molecule has 0 radical (unpaired) electrons. The molecule has 3 atom stereocenters. The molecule has 0 bridgehead atoms. The van der Waals surface area contributed by atoms with Gasteiger partial charge in [0, 0.05) is 25.7 Å². The van der Waals surface area contributed by atoms with Crippen LogP contribution in [0.3, 0.4) is 0 Å². The third kappa shape index (κ3) is 3.16. The summed E-state index contributed by atoms with van der Waals surface area (Å²) in [7, 11) is 2.17. The van der Waals surface area contributed by atoms with Crippen LogP contribution in [0.15, 0.2) is 0 Å². The Bertz CT molecular complexity index is 198. The van der Waals surface area contributed by atoms with Crippen LogP contribution in [-0.2, 0) is 4.74 Å². The largest absolute Gasteiger partial charge is 0.374 e. The van der Waals surface area contributed by atoms with Gasteiger partial charge in [-0.15, -0.1) is 0 Å². The minimum atomic E-state index is 0.400. The first-order chi connectivity index (χ1) is 7.25. The van der Waals surface area contributed by atoms with E-state index in [1.54, 1.807) is 0 Å². The average Bonchev–Trinajstić information content (AvgIpc) is 2.61. The van der Waals surface area contributed by atoms with Gasteiger partial charge < -0.3 is 15.0 Å². The second-order valence-corrected chi connectivity index (χ2v) is 5.18. The van der Waals surface area contributed by atoms with Crippen molar-refractivity contribution in [3.05, 3.63) is 0 Å². The van der Waals surface area contributed by atoms with Gasteiger partial charge in [-0.1, -0.05) is 13.3 Å². The molecular formula is C12H24N2O. The molecule has 3 unspecified atom stereocenters. The van der Waals surface area contributed by atoms with E-state index in [9.17, 15) is 0 Å². The van der Waals surface area contributed by atoms with Crippen molar-refractivity contribution in [2.45, 2.75) is 38.3 Å². The monoisotopic (exact) mass is 212 g/mol. The van der Waals surface area contributed by atoms with Crippen molar-refractivity contribution in [1.29, 1.82) is 0 Å². The van der Waals surface area contributed by atoms with Crippen LogP contribution >= 0.6 is 0 Å². The molecule has 1 heterocycles. The predicted molar refractivity (Wildman–Crippen MR) is 62.0 cm³/mol. The third-order valence-corrected chi connectivity index (χ3v) is 3.81. The highest BCUT2D eigenvalue weighted by molar-refractivity contribution is 4.82. The fraction of sp³-hybridized carbons (Fsp3) is 1.00. The predicted octanol–water partition coefficient (Wildman–Crippen LogP) is 1.10. The number of nitrogens with zero attached hydrogens (tertiary/aromatic N) is 1. The molecule has 0 aromatic rings. The Balaban J connectivity index is 1.68. The van der Waals surface area contributed by atoms with Gasteiger partial charge in [-0.2, -0.15) is 0 Å². The zero-order valence-corrected chi connectivity index (χ0v) is 10.0. The molecule has 0 amide bonds. The van der Waals surface area contributed by atoms with E-state index in [0.717, 1.165) is 38.2 Å². The fourth-order valence-corrected chi connectivity index (χ4v) is 2.72. The Hall–Kier alpha value is -0.120. The topological polar surface area (TPSA) is 24.5 Å². The Morgan fingerprint density at radius 1 is 1.40 bits per heavy atom. The molecule has 88 valence electrons. The van der Waals surface area contributed by atoms with Gasteiger partial charge in [0.2, 0.25) is 0 Å². The molecule has 15 heavy (non-hydrogen) atoms. The van der Waals surface area contributed by atoms with Gasteiger partial charge in [-0.3, -0.25) is 0 Å². The van der Waals surface area contributed by atoms with E-state index in [4.69, 9.17) is 4.74 Å². The minimum Gasteiger partial charge on any atom is -0.374 e. The minimum absolute atomic E-state index is 0.400. The third-order valence-electron chi connectivity index (χ3n) is 3.81. The Labute approximate surface area is 93.2 Å². The smallest absolute Gasteiger partial charge is 0.0826 e. The van der Waals surface area contributed by atoms with Crippen molar-refractivity contribution in [1.82, 2.24) is 10.2 Å². The SMILES string of the molecule is CC1CCCC1NCC1CN(C)CCO1. The van der Waals surface area contributed by atoms with Crippen LogP contribution in [0.2, 0.25) is 0 Å². The summed E-state index contributed by atoms with van der Waals surface area (Å²) in [6, 6.07) is 0.737. The quantitative estimate of drug-likeness (QED) is 0.758. The van der Waals surface area contributed by atoms with Crippen molar-refractivity contribution in [2.75, 3.05) is 33.3 Å². The second kappa shape index (κ2) is 5.28. The van der Waals surface area contributed by atoms with Crippen molar-refractivity contribution < 1.29 is 4.74 Å². The highest BCUT2D eigenvalue weighted by Crippen LogP contribution is 2.24. The first-order valence-electron chi connectivity index (χ1n) is 6.29. The zero-order chi connectivity index (χ0) is 10.7. The maximum atomic E-state index is 5.74. The summed E-state index contributed by atoms with van der Waals surface area (Å²) in [4.78, 5) is 2.36. The van der Waals surface area contributed by atoms with Crippen molar-refractivity contribution in [3.8, 4) is 0 Å². The summed E-state index contributed by atoms with van der Waals surface area (Å²) in [6.07, 6.45) is 4.54. The number of nitrogens with one attached hydrogen (secondary N) is 1. The maximum Gasteiger partial charge on any atom is 0.0826 e. The molecule has 3 heteroatoms. The second-order valence-electron chi connectivity index (χ2n) is 5.18. The number of rotatable bonds is 3. The van der Waals surface area contributed by atoms with Crippen molar-refractivity contribution in [3.63, 3.8) is 0 Å². The van der Waals surface area contributed by atoms with Crippen LogP contribution in [0.5, 0.6) is 0 Å². The molecule has 1 aliphatic heterocycles. The van der Waals surface area contributed by atoms with E-state index in [1.165, 1.54) is 19.3 Å². The average molecular weight is 212 g/mol. The molecule has 0 spiro atoms. The standard InChI is InChI=1S/C12H24N2O/c1-10-4-3-5-12(10)13-8-11-9-14(2)6-7-15-11/h10-13H,3-9H2,1-2H3. The van der Waals surface area contributed by atoms with Crippen LogP contribution in [0.25, 0.3) is 0 Å². The van der Waals surface area contributed by atoms with Gasteiger partial charge in [-0.05, 0) is 25.8 Å². The van der Waals surface area contributed by atoms with Crippen molar-refractivity contribution in [2.24, 2.45) is 5.92 Å². The molecule has 0 aromatic heterocycles. The van der Waals surface area contributed by atoms with Gasteiger partial charge >= 0.3 is 0 Å². The van der Waals surface area contributed by atoms with Crippen LogP contribution in [0, 0.1) is 5.92 Å². The number of hydrogen-bond acceptors (Lipinski definition) is 3. The lowest BCUT2D eigenvalue weighted by molar-refractivity contribution is -0.0196. The number of hydrogen-bond donors (Lipinski definition) is 1. The molecule has 2 aliphatic rings. The summed E-state index contributed by atoms with van der Waals surface area (Å²) in [5.74, 6) is 0.853. The molecule has 1 saturated carbocycles. The zero-order valence-electron chi connectivity index (χ0n) is 10.0. The summed E-state index contributed by atoms with van der Waals surface area (Å²) in [5.41, 5.74) is 0. The molecule has 2 rings (SSSR count). The molecule has 0 aromatic carbocycles. The molecule has 2 fully saturated rings. The van der Waals surface area contributed by atoms with Gasteiger partial charge in [0.15, 0.2) is 0 Å². The fourth-order valence-electron chi connectivity index (χ4n) is 2.72. The van der Waals surface area contributed by atoms with E-state index in [2.05, 4.69) is 24.2 Å². The number of morpholine rings is 1. The van der Waals surface area contributed by atoms with E-state index in [0.29, 0.717) is 6.10 Å². The normalized spacial score (nSPS) is 38.4. The molecule has 3 nitrogen and oxygen atoms in total. The maximum absolute atomic E-state index is 5.74. The van der Waals surface area contributed by atoms with Crippen LogP contribution in [0.4, 0.5) is 0 Å². The summed E-state index contributed by atoms with van der Waals surface area (Å²) < 4.78 is 5.74. The van der Waals surface area contributed by atoms with Crippen LogP contribution in [-0.4, -0.2) is 50.3 Å². The lowest BCUT2D eigenvalue weighted by Crippen LogP contribution is -2.47. The summed E-state index contributed by atoms with van der Waals surface area (Å²) >= 11 is 0. The lowest BCUT2D eigenvalue weighted by atomic mass is 10.1. The number of ether oxygens (including phenoxy) is 1. The molecular weight excluding hydrogens is 188 g/mol. The van der Waals surface area contributed by atoms with Gasteiger partial charge in [0.25, 0.3) is 0 Å². The van der Waals surface area contributed by atoms with Crippen molar-refractivity contribution >= 4 is 0 Å². The lowest BCUT2D eigenvalue weighted by Gasteiger charge is -2.31. The Morgan fingerprint density at radius 3 is 2.93 bits per heavy atom. The Morgan fingerprint density at radius 2 is 2.27 bits per heavy atom.